The molecule has 3 aromatic rings. The normalized spacial score (nSPS) is 11.7. The Kier molecular flexibility index (Phi) is 5.53. The van der Waals surface area contributed by atoms with Gasteiger partial charge in [-0.1, -0.05) is 30.3 Å². The molecule has 27 heavy (non-hydrogen) atoms. The van der Waals surface area contributed by atoms with Crippen LogP contribution >= 0.6 is 0 Å². The van der Waals surface area contributed by atoms with Crippen molar-refractivity contribution in [3.8, 4) is 0 Å². The number of nitrogens with zero attached hydrogens (tertiary/aromatic N) is 3. The van der Waals surface area contributed by atoms with E-state index in [2.05, 4.69) is 4.98 Å². The molecule has 3 rings (SSSR count). The first-order valence-corrected chi connectivity index (χ1v) is 9.90. The Labute approximate surface area is 159 Å². The maximum atomic E-state index is 12.8. The van der Waals surface area contributed by atoms with Gasteiger partial charge in [-0.25, -0.2) is 8.42 Å². The molecule has 0 spiro atoms. The van der Waals surface area contributed by atoms with Gasteiger partial charge in [0.2, 0.25) is 15.9 Å². The molecule has 1 amide bonds. The number of amides is 1. The molecule has 1 aromatic heterocycles. The minimum atomic E-state index is -3.76. The molecular formula is C20H21N3O3S. The number of likely N-dealkylation sites (N-methyl/N-ethyl adjacent to an activating group) is 2. The third kappa shape index (κ3) is 4.32. The SMILES string of the molecule is CN(Cc1ccncc1)C(=O)CN(C)S(=O)(=O)c1ccc2ccccc2c1. The molecule has 0 aliphatic heterocycles. The first kappa shape index (κ1) is 19.0. The zero-order valence-electron chi connectivity index (χ0n) is 15.2. The van der Waals surface area contributed by atoms with Crippen LogP contribution in [0.4, 0.5) is 0 Å². The molecule has 0 aliphatic rings. The van der Waals surface area contributed by atoms with Gasteiger partial charge < -0.3 is 4.90 Å². The van der Waals surface area contributed by atoms with E-state index < -0.39 is 10.0 Å². The predicted molar refractivity (Wildman–Crippen MR) is 104 cm³/mol. The Morgan fingerprint density at radius 3 is 2.33 bits per heavy atom. The average Bonchev–Trinajstić information content (AvgIpc) is 2.68. The van der Waals surface area contributed by atoms with Crippen molar-refractivity contribution in [3.05, 3.63) is 72.6 Å². The van der Waals surface area contributed by atoms with E-state index in [4.69, 9.17) is 0 Å². The molecule has 2 aromatic carbocycles. The largest absolute Gasteiger partial charge is 0.340 e. The molecule has 1 heterocycles. The Morgan fingerprint density at radius 1 is 0.963 bits per heavy atom. The highest BCUT2D eigenvalue weighted by Crippen LogP contribution is 2.21. The molecule has 0 unspecified atom stereocenters. The number of sulfonamides is 1. The fourth-order valence-electron chi connectivity index (χ4n) is 2.75. The Balaban J connectivity index is 1.73. The topological polar surface area (TPSA) is 70.6 Å². The van der Waals surface area contributed by atoms with Gasteiger partial charge in [-0.15, -0.1) is 0 Å². The molecule has 0 saturated heterocycles. The predicted octanol–water partition coefficient (Wildman–Crippen LogP) is 2.51. The van der Waals surface area contributed by atoms with Gasteiger partial charge >= 0.3 is 0 Å². The highest BCUT2D eigenvalue weighted by molar-refractivity contribution is 7.89. The van der Waals surface area contributed by atoms with Crippen molar-refractivity contribution in [2.45, 2.75) is 11.4 Å². The summed E-state index contributed by atoms with van der Waals surface area (Å²) in [7, 11) is -0.685. The van der Waals surface area contributed by atoms with E-state index in [9.17, 15) is 13.2 Å². The van der Waals surface area contributed by atoms with E-state index in [0.29, 0.717) is 6.54 Å². The summed E-state index contributed by atoms with van der Waals surface area (Å²) in [5.41, 5.74) is 0.931. The summed E-state index contributed by atoms with van der Waals surface area (Å²) in [4.78, 5) is 18.1. The molecule has 0 saturated carbocycles. The van der Waals surface area contributed by atoms with E-state index >= 15 is 0 Å². The van der Waals surface area contributed by atoms with Crippen molar-refractivity contribution in [3.63, 3.8) is 0 Å². The van der Waals surface area contributed by atoms with Crippen molar-refractivity contribution in [2.75, 3.05) is 20.6 Å². The van der Waals surface area contributed by atoms with Crippen LogP contribution in [0, 0.1) is 0 Å². The Morgan fingerprint density at radius 2 is 1.63 bits per heavy atom. The van der Waals surface area contributed by atoms with Crippen LogP contribution in [0.15, 0.2) is 71.9 Å². The maximum absolute atomic E-state index is 12.8. The van der Waals surface area contributed by atoms with Gasteiger partial charge in [-0.05, 0) is 40.6 Å². The third-order valence-electron chi connectivity index (χ3n) is 4.38. The molecule has 0 atom stereocenters. The first-order valence-electron chi connectivity index (χ1n) is 8.46. The highest BCUT2D eigenvalue weighted by Gasteiger charge is 2.24. The van der Waals surface area contributed by atoms with E-state index in [1.807, 2.05) is 36.4 Å². The zero-order chi connectivity index (χ0) is 19.4. The van der Waals surface area contributed by atoms with Crippen LogP contribution in [0.2, 0.25) is 0 Å². The molecule has 0 bridgehead atoms. The van der Waals surface area contributed by atoms with Gasteiger partial charge in [0.25, 0.3) is 0 Å². The number of hydrogen-bond donors (Lipinski definition) is 0. The second-order valence-corrected chi connectivity index (χ2v) is 8.42. The number of fused-ring (bicyclic) bond motifs is 1. The third-order valence-corrected chi connectivity index (χ3v) is 6.18. The molecule has 6 nitrogen and oxygen atoms in total. The highest BCUT2D eigenvalue weighted by atomic mass is 32.2. The van der Waals surface area contributed by atoms with E-state index in [-0.39, 0.29) is 17.3 Å². The number of rotatable bonds is 6. The molecule has 0 radical (unpaired) electrons. The molecule has 140 valence electrons. The maximum Gasteiger partial charge on any atom is 0.243 e. The van der Waals surface area contributed by atoms with E-state index in [1.165, 1.54) is 11.9 Å². The Hall–Kier alpha value is -2.77. The average molecular weight is 383 g/mol. The van der Waals surface area contributed by atoms with Crippen molar-refractivity contribution < 1.29 is 13.2 Å². The van der Waals surface area contributed by atoms with Gasteiger partial charge in [0.15, 0.2) is 0 Å². The summed E-state index contributed by atoms with van der Waals surface area (Å²) < 4.78 is 26.8. The molecule has 7 heteroatoms. The molecule has 0 fully saturated rings. The lowest BCUT2D eigenvalue weighted by molar-refractivity contribution is -0.130. The number of hydrogen-bond acceptors (Lipinski definition) is 4. The lowest BCUT2D eigenvalue weighted by atomic mass is 10.1. The fraction of sp³-hybridized carbons (Fsp3) is 0.200. The van der Waals surface area contributed by atoms with E-state index in [0.717, 1.165) is 20.6 Å². The standard InChI is InChI=1S/C20H21N3O3S/c1-22(14-16-9-11-21-12-10-16)20(24)15-23(2)27(25,26)19-8-7-17-5-3-4-6-18(17)13-19/h3-13H,14-15H2,1-2H3. The van der Waals surface area contributed by atoms with Gasteiger partial charge in [0.05, 0.1) is 11.4 Å². The second-order valence-electron chi connectivity index (χ2n) is 6.38. The van der Waals surface area contributed by atoms with Crippen molar-refractivity contribution in [2.24, 2.45) is 0 Å². The quantitative estimate of drug-likeness (QED) is 0.656. The van der Waals surface area contributed by atoms with Crippen LogP contribution in [-0.4, -0.2) is 49.2 Å². The summed E-state index contributed by atoms with van der Waals surface area (Å²) >= 11 is 0. The number of aromatic nitrogens is 1. The van der Waals surface area contributed by atoms with Crippen molar-refractivity contribution in [1.29, 1.82) is 0 Å². The minimum Gasteiger partial charge on any atom is -0.340 e. The monoisotopic (exact) mass is 383 g/mol. The lowest BCUT2D eigenvalue weighted by Crippen LogP contribution is -2.39. The number of carbonyl (C=O) groups excluding carboxylic acids is 1. The van der Waals surface area contributed by atoms with Gasteiger partial charge in [-0.3, -0.25) is 9.78 Å². The van der Waals surface area contributed by atoms with Gasteiger partial charge in [0.1, 0.15) is 0 Å². The van der Waals surface area contributed by atoms with E-state index in [1.54, 1.807) is 37.6 Å². The van der Waals surface area contributed by atoms with Crippen LogP contribution in [0.5, 0.6) is 0 Å². The smallest absolute Gasteiger partial charge is 0.243 e. The van der Waals surface area contributed by atoms with Crippen LogP contribution in [0.1, 0.15) is 5.56 Å². The van der Waals surface area contributed by atoms with Gasteiger partial charge in [0, 0.05) is 33.0 Å². The summed E-state index contributed by atoms with van der Waals surface area (Å²) in [6, 6.07) is 16.2. The summed E-state index contributed by atoms with van der Waals surface area (Å²) in [5, 5.41) is 1.81. The Bertz CT molecular complexity index is 1050. The zero-order valence-corrected chi connectivity index (χ0v) is 16.1. The molecule has 0 aliphatic carbocycles. The number of pyridine rings is 1. The molecular weight excluding hydrogens is 362 g/mol. The minimum absolute atomic E-state index is 0.174. The van der Waals surface area contributed by atoms with Crippen LogP contribution in [0.25, 0.3) is 10.8 Å². The summed E-state index contributed by atoms with van der Waals surface area (Å²) in [5.74, 6) is -0.279. The van der Waals surface area contributed by atoms with Crippen molar-refractivity contribution in [1.82, 2.24) is 14.2 Å². The van der Waals surface area contributed by atoms with Crippen LogP contribution in [0.3, 0.4) is 0 Å². The number of carbonyl (C=O) groups is 1. The van der Waals surface area contributed by atoms with Crippen LogP contribution in [-0.2, 0) is 21.4 Å². The van der Waals surface area contributed by atoms with Crippen LogP contribution < -0.4 is 0 Å². The van der Waals surface area contributed by atoms with Crippen molar-refractivity contribution >= 4 is 26.7 Å². The van der Waals surface area contributed by atoms with Gasteiger partial charge in [-0.2, -0.15) is 4.31 Å². The fourth-order valence-corrected chi connectivity index (χ4v) is 3.91. The first-order chi connectivity index (χ1) is 12.9. The molecule has 0 N–H and O–H groups in total. The lowest BCUT2D eigenvalue weighted by Gasteiger charge is -2.22. The summed E-state index contributed by atoms with van der Waals surface area (Å²) in [6.07, 6.45) is 3.31. The summed E-state index contributed by atoms with van der Waals surface area (Å²) in [6.45, 7) is 0.169. The number of benzene rings is 2. The second kappa shape index (κ2) is 7.85.